The molecule has 0 heterocycles. The Labute approximate surface area is 117 Å². The number of carboxylic acids is 1. The first kappa shape index (κ1) is 15.6. The third kappa shape index (κ3) is 3.76. The molecule has 1 aromatic carbocycles. The molecule has 6 nitrogen and oxygen atoms in total. The summed E-state index contributed by atoms with van der Waals surface area (Å²) in [6, 6.07) is 4.10. The number of aliphatic hydroxyl groups is 2. The standard InChI is InChI=1S/C12H13BrO6/c1-2-19-12(18)10(15)9(14)7-4-3-6(13)5-8(7)11(16)17/h3-5,9-10,14-15H,2H2,1H3,(H,16,17). The van der Waals surface area contributed by atoms with Crippen molar-refractivity contribution in [1.29, 1.82) is 0 Å². The normalized spacial score (nSPS) is 13.7. The van der Waals surface area contributed by atoms with Crippen LogP contribution in [0, 0.1) is 0 Å². The molecule has 2 unspecified atom stereocenters. The van der Waals surface area contributed by atoms with Crippen LogP contribution in [0.15, 0.2) is 22.7 Å². The molecule has 0 aliphatic heterocycles. The van der Waals surface area contributed by atoms with Crippen molar-refractivity contribution in [2.24, 2.45) is 0 Å². The van der Waals surface area contributed by atoms with Gasteiger partial charge in [-0.3, -0.25) is 0 Å². The molecule has 19 heavy (non-hydrogen) atoms. The van der Waals surface area contributed by atoms with Crippen LogP contribution >= 0.6 is 15.9 Å². The Morgan fingerprint density at radius 3 is 2.53 bits per heavy atom. The van der Waals surface area contributed by atoms with Gasteiger partial charge in [0.2, 0.25) is 0 Å². The van der Waals surface area contributed by atoms with Gasteiger partial charge >= 0.3 is 11.9 Å². The lowest BCUT2D eigenvalue weighted by molar-refractivity contribution is -0.159. The summed E-state index contributed by atoms with van der Waals surface area (Å²) in [5.74, 6) is -2.28. The van der Waals surface area contributed by atoms with Gasteiger partial charge in [0.1, 0.15) is 6.10 Å². The number of hydrogen-bond acceptors (Lipinski definition) is 5. The van der Waals surface area contributed by atoms with E-state index >= 15 is 0 Å². The highest BCUT2D eigenvalue weighted by Gasteiger charge is 2.30. The molecule has 0 amide bonds. The second kappa shape index (κ2) is 6.65. The molecular weight excluding hydrogens is 320 g/mol. The average Bonchev–Trinajstić information content (AvgIpc) is 2.37. The molecule has 7 heteroatoms. The van der Waals surface area contributed by atoms with E-state index in [9.17, 15) is 19.8 Å². The van der Waals surface area contributed by atoms with E-state index in [4.69, 9.17) is 5.11 Å². The Morgan fingerprint density at radius 2 is 2.00 bits per heavy atom. The van der Waals surface area contributed by atoms with Crippen LogP contribution < -0.4 is 0 Å². The van der Waals surface area contributed by atoms with Gasteiger partial charge < -0.3 is 20.1 Å². The predicted octanol–water partition coefficient (Wildman–Crippen LogP) is 1.10. The van der Waals surface area contributed by atoms with Crippen molar-refractivity contribution >= 4 is 27.9 Å². The van der Waals surface area contributed by atoms with Crippen molar-refractivity contribution in [3.8, 4) is 0 Å². The summed E-state index contributed by atoms with van der Waals surface area (Å²) in [4.78, 5) is 22.4. The summed E-state index contributed by atoms with van der Waals surface area (Å²) in [7, 11) is 0. The highest BCUT2D eigenvalue weighted by molar-refractivity contribution is 9.10. The quantitative estimate of drug-likeness (QED) is 0.697. The zero-order valence-electron chi connectivity index (χ0n) is 10.0. The summed E-state index contributed by atoms with van der Waals surface area (Å²) >= 11 is 3.11. The molecule has 0 spiro atoms. The molecule has 0 bridgehead atoms. The molecule has 1 rings (SSSR count). The zero-order valence-corrected chi connectivity index (χ0v) is 11.6. The lowest BCUT2D eigenvalue weighted by atomic mass is 9.98. The van der Waals surface area contributed by atoms with E-state index in [1.165, 1.54) is 18.2 Å². The molecule has 0 saturated carbocycles. The highest BCUT2D eigenvalue weighted by atomic mass is 79.9. The summed E-state index contributed by atoms with van der Waals surface area (Å²) in [6.07, 6.45) is -3.50. The van der Waals surface area contributed by atoms with Crippen LogP contribution in [-0.2, 0) is 9.53 Å². The zero-order chi connectivity index (χ0) is 14.6. The molecule has 0 aliphatic carbocycles. The number of carbonyl (C=O) groups excluding carboxylic acids is 1. The third-order valence-corrected chi connectivity index (χ3v) is 2.88. The van der Waals surface area contributed by atoms with Crippen LogP contribution in [0.2, 0.25) is 0 Å². The molecular formula is C12H13BrO6. The minimum absolute atomic E-state index is 0.0503. The van der Waals surface area contributed by atoms with Crippen molar-refractivity contribution < 1.29 is 29.6 Å². The topological polar surface area (TPSA) is 104 Å². The molecule has 104 valence electrons. The average molecular weight is 333 g/mol. The first-order valence-electron chi connectivity index (χ1n) is 5.44. The smallest absolute Gasteiger partial charge is 0.338 e. The number of halogens is 1. The lowest BCUT2D eigenvalue weighted by Crippen LogP contribution is -2.30. The van der Waals surface area contributed by atoms with Gasteiger partial charge in [-0.05, 0) is 24.6 Å². The minimum atomic E-state index is -1.83. The van der Waals surface area contributed by atoms with Crippen molar-refractivity contribution in [3.05, 3.63) is 33.8 Å². The Hall–Kier alpha value is -1.44. The van der Waals surface area contributed by atoms with Gasteiger partial charge in [-0.2, -0.15) is 0 Å². The van der Waals surface area contributed by atoms with Gasteiger partial charge in [-0.15, -0.1) is 0 Å². The fourth-order valence-corrected chi connectivity index (χ4v) is 1.86. The number of aliphatic hydroxyl groups excluding tert-OH is 2. The summed E-state index contributed by atoms with van der Waals surface area (Å²) < 4.78 is 5.07. The van der Waals surface area contributed by atoms with E-state index in [-0.39, 0.29) is 17.7 Å². The van der Waals surface area contributed by atoms with Gasteiger partial charge in [0.25, 0.3) is 0 Å². The fraction of sp³-hybridized carbons (Fsp3) is 0.333. The maximum atomic E-state index is 11.3. The fourth-order valence-electron chi connectivity index (χ4n) is 1.50. The second-order valence-electron chi connectivity index (χ2n) is 3.68. The molecule has 2 atom stereocenters. The lowest BCUT2D eigenvalue weighted by Gasteiger charge is -2.18. The predicted molar refractivity (Wildman–Crippen MR) is 68.7 cm³/mol. The third-order valence-electron chi connectivity index (χ3n) is 2.39. The first-order valence-corrected chi connectivity index (χ1v) is 6.23. The Kier molecular flexibility index (Phi) is 5.46. The second-order valence-corrected chi connectivity index (χ2v) is 4.59. The van der Waals surface area contributed by atoms with Gasteiger partial charge in [-0.1, -0.05) is 22.0 Å². The van der Waals surface area contributed by atoms with Crippen LogP contribution in [0.3, 0.4) is 0 Å². The number of carbonyl (C=O) groups is 2. The largest absolute Gasteiger partial charge is 0.478 e. The molecule has 0 aromatic heterocycles. The Balaban J connectivity index is 3.08. The molecule has 0 aliphatic rings. The van der Waals surface area contributed by atoms with Crippen LogP contribution in [-0.4, -0.2) is 40.0 Å². The van der Waals surface area contributed by atoms with E-state index in [1.54, 1.807) is 6.92 Å². The molecule has 0 saturated heterocycles. The van der Waals surface area contributed by atoms with Crippen molar-refractivity contribution in [2.75, 3.05) is 6.61 Å². The van der Waals surface area contributed by atoms with Crippen LogP contribution in [0.25, 0.3) is 0 Å². The number of rotatable bonds is 5. The van der Waals surface area contributed by atoms with Crippen molar-refractivity contribution in [2.45, 2.75) is 19.1 Å². The van der Waals surface area contributed by atoms with Crippen molar-refractivity contribution in [1.82, 2.24) is 0 Å². The summed E-state index contributed by atoms with van der Waals surface area (Å²) in [5, 5.41) is 28.5. The van der Waals surface area contributed by atoms with Crippen LogP contribution in [0.4, 0.5) is 0 Å². The molecule has 3 N–H and O–H groups in total. The molecule has 0 fully saturated rings. The van der Waals surface area contributed by atoms with Gasteiger partial charge in [0.05, 0.1) is 12.2 Å². The summed E-state index contributed by atoms with van der Waals surface area (Å²) in [5.41, 5.74) is -0.263. The number of ether oxygens (including phenoxy) is 1. The van der Waals surface area contributed by atoms with E-state index in [0.29, 0.717) is 4.47 Å². The van der Waals surface area contributed by atoms with Crippen LogP contribution in [0.1, 0.15) is 28.9 Å². The number of hydrogen-bond donors (Lipinski definition) is 3. The maximum absolute atomic E-state index is 11.3. The Morgan fingerprint density at radius 1 is 1.37 bits per heavy atom. The maximum Gasteiger partial charge on any atom is 0.338 e. The van der Waals surface area contributed by atoms with E-state index < -0.39 is 24.1 Å². The first-order chi connectivity index (χ1) is 8.88. The van der Waals surface area contributed by atoms with Gasteiger partial charge in [-0.25, -0.2) is 9.59 Å². The number of esters is 1. The van der Waals surface area contributed by atoms with Gasteiger partial charge in [0, 0.05) is 4.47 Å². The van der Waals surface area contributed by atoms with E-state index in [0.717, 1.165) is 0 Å². The minimum Gasteiger partial charge on any atom is -0.478 e. The SMILES string of the molecule is CCOC(=O)C(O)C(O)c1ccc(Br)cc1C(=O)O. The monoisotopic (exact) mass is 332 g/mol. The number of benzene rings is 1. The van der Waals surface area contributed by atoms with Gasteiger partial charge in [0.15, 0.2) is 6.10 Å². The number of carboxylic acid groups (broad SMARTS) is 1. The van der Waals surface area contributed by atoms with E-state index in [1.807, 2.05) is 0 Å². The van der Waals surface area contributed by atoms with Crippen LogP contribution in [0.5, 0.6) is 0 Å². The summed E-state index contributed by atoms with van der Waals surface area (Å²) in [6.45, 7) is 1.61. The molecule has 1 aromatic rings. The number of aromatic carboxylic acids is 1. The van der Waals surface area contributed by atoms with Crippen molar-refractivity contribution in [3.63, 3.8) is 0 Å². The highest BCUT2D eigenvalue weighted by Crippen LogP contribution is 2.25. The molecule has 0 radical (unpaired) electrons. The Bertz CT molecular complexity index is 487. The van der Waals surface area contributed by atoms with E-state index in [2.05, 4.69) is 20.7 Å².